The van der Waals surface area contributed by atoms with E-state index in [1.807, 2.05) is 41.5 Å². The summed E-state index contributed by atoms with van der Waals surface area (Å²) in [7, 11) is 0. The van der Waals surface area contributed by atoms with Gasteiger partial charge in [-0.25, -0.2) is 0 Å². The molecule has 2 aromatic heterocycles. The summed E-state index contributed by atoms with van der Waals surface area (Å²) in [5, 5.41) is 13.5. The Balaban J connectivity index is 1.58. The van der Waals surface area contributed by atoms with Gasteiger partial charge in [-0.15, -0.1) is 21.5 Å². The number of thiophene rings is 1. The Hall–Kier alpha value is -2.15. The van der Waals surface area contributed by atoms with E-state index in [-0.39, 0.29) is 5.91 Å². The third kappa shape index (κ3) is 3.19. The van der Waals surface area contributed by atoms with Gasteiger partial charge in [0.2, 0.25) is 0 Å². The zero-order chi connectivity index (χ0) is 15.4. The number of carbonyl (C=O) groups is 1. The zero-order valence-electron chi connectivity index (χ0n) is 12.5. The monoisotopic (exact) mass is 317 g/mol. The van der Waals surface area contributed by atoms with Gasteiger partial charge in [-0.3, -0.25) is 4.79 Å². The van der Waals surface area contributed by atoms with E-state index in [1.165, 1.54) is 11.3 Å². The second-order valence-corrected chi connectivity index (χ2v) is 6.01. The molecule has 0 atom stereocenters. The first kappa shape index (κ1) is 14.8. The van der Waals surface area contributed by atoms with Crippen LogP contribution in [-0.2, 0) is 0 Å². The van der Waals surface area contributed by atoms with E-state index in [4.69, 9.17) is 0 Å². The molecular weight excluding hydrogens is 298 g/mol. The van der Waals surface area contributed by atoms with Gasteiger partial charge in [0.25, 0.3) is 5.91 Å². The molecule has 6 nitrogen and oxygen atoms in total. The van der Waals surface area contributed by atoms with Crippen LogP contribution in [0.2, 0.25) is 0 Å². The van der Waals surface area contributed by atoms with Crippen molar-refractivity contribution in [2.45, 2.75) is 6.92 Å². The van der Waals surface area contributed by atoms with Crippen molar-refractivity contribution in [3.8, 4) is 0 Å². The van der Waals surface area contributed by atoms with Crippen LogP contribution in [0.5, 0.6) is 0 Å². The Morgan fingerprint density at radius 3 is 2.64 bits per heavy atom. The van der Waals surface area contributed by atoms with E-state index in [1.54, 1.807) is 0 Å². The number of nitrogens with zero attached hydrogens (tertiary/aromatic N) is 4. The predicted octanol–water partition coefficient (Wildman–Crippen LogP) is 1.93. The van der Waals surface area contributed by atoms with Crippen molar-refractivity contribution >= 4 is 28.9 Å². The Kier molecular flexibility index (Phi) is 4.53. The lowest BCUT2D eigenvalue weighted by Gasteiger charge is -2.35. The number of aromatic nitrogens is 2. The van der Waals surface area contributed by atoms with Gasteiger partial charge in [-0.2, -0.15) is 0 Å². The van der Waals surface area contributed by atoms with E-state index >= 15 is 0 Å². The predicted molar refractivity (Wildman–Crippen MR) is 88.6 cm³/mol. The average Bonchev–Trinajstić information content (AvgIpc) is 3.10. The number of anilines is 2. The van der Waals surface area contributed by atoms with Crippen LogP contribution in [0, 0.1) is 0 Å². The maximum absolute atomic E-state index is 12.3. The van der Waals surface area contributed by atoms with Gasteiger partial charge in [-0.05, 0) is 30.5 Å². The van der Waals surface area contributed by atoms with Crippen LogP contribution in [0.3, 0.4) is 0 Å². The van der Waals surface area contributed by atoms with Crippen LogP contribution in [0.25, 0.3) is 0 Å². The molecular formula is C15H19N5OS. The van der Waals surface area contributed by atoms with Crippen molar-refractivity contribution in [1.29, 1.82) is 0 Å². The minimum Gasteiger partial charge on any atom is -0.369 e. The third-order valence-electron chi connectivity index (χ3n) is 3.63. The van der Waals surface area contributed by atoms with Crippen LogP contribution in [0.15, 0.2) is 29.6 Å². The molecule has 0 spiro atoms. The minimum atomic E-state index is 0.128. The smallest absolute Gasteiger partial charge is 0.264 e. The molecule has 0 unspecified atom stereocenters. The molecule has 3 rings (SSSR count). The van der Waals surface area contributed by atoms with Crippen LogP contribution in [-0.4, -0.2) is 53.7 Å². The molecule has 0 saturated carbocycles. The highest BCUT2D eigenvalue weighted by atomic mass is 32.1. The molecule has 1 N–H and O–H groups in total. The topological polar surface area (TPSA) is 61.4 Å². The third-order valence-corrected chi connectivity index (χ3v) is 4.49. The molecule has 1 fully saturated rings. The fourth-order valence-electron chi connectivity index (χ4n) is 2.46. The van der Waals surface area contributed by atoms with Gasteiger partial charge in [0.1, 0.15) is 5.82 Å². The quantitative estimate of drug-likeness (QED) is 0.934. The number of piperazine rings is 1. The van der Waals surface area contributed by atoms with Crippen molar-refractivity contribution in [2.24, 2.45) is 0 Å². The summed E-state index contributed by atoms with van der Waals surface area (Å²) in [6.45, 7) is 5.86. The summed E-state index contributed by atoms with van der Waals surface area (Å²) < 4.78 is 0. The second kappa shape index (κ2) is 6.74. The van der Waals surface area contributed by atoms with Gasteiger partial charge < -0.3 is 15.1 Å². The first-order chi connectivity index (χ1) is 10.8. The maximum Gasteiger partial charge on any atom is 0.264 e. The van der Waals surface area contributed by atoms with Gasteiger partial charge in [0.05, 0.1) is 4.88 Å². The molecule has 7 heteroatoms. The van der Waals surface area contributed by atoms with Crippen molar-refractivity contribution < 1.29 is 4.79 Å². The first-order valence-electron chi connectivity index (χ1n) is 7.43. The fourth-order valence-corrected chi connectivity index (χ4v) is 3.15. The van der Waals surface area contributed by atoms with Gasteiger partial charge in [0, 0.05) is 32.7 Å². The number of carbonyl (C=O) groups excluding carboxylic acids is 1. The largest absolute Gasteiger partial charge is 0.369 e. The lowest BCUT2D eigenvalue weighted by molar-refractivity contribution is 0.0751. The number of hydrogen-bond acceptors (Lipinski definition) is 6. The SMILES string of the molecule is CCNc1ccc(N2CCN(C(=O)c3cccs3)CC2)nn1. The molecule has 0 radical (unpaired) electrons. The second-order valence-electron chi connectivity index (χ2n) is 5.06. The van der Waals surface area contributed by atoms with Crippen molar-refractivity contribution in [2.75, 3.05) is 42.9 Å². The highest BCUT2D eigenvalue weighted by molar-refractivity contribution is 7.12. The summed E-state index contributed by atoms with van der Waals surface area (Å²) in [4.78, 5) is 17.2. The van der Waals surface area contributed by atoms with Crippen LogP contribution in [0.4, 0.5) is 11.6 Å². The molecule has 3 heterocycles. The number of hydrogen-bond donors (Lipinski definition) is 1. The molecule has 1 amide bonds. The Morgan fingerprint density at radius 2 is 2.05 bits per heavy atom. The molecule has 2 aromatic rings. The standard InChI is InChI=1S/C15H19N5OS/c1-2-16-13-5-6-14(18-17-13)19-7-9-20(10-8-19)15(21)12-4-3-11-22-12/h3-6,11H,2,7-10H2,1H3,(H,16,17). The van der Waals surface area contributed by atoms with Crippen molar-refractivity contribution in [3.05, 3.63) is 34.5 Å². The molecule has 1 aliphatic rings. The van der Waals surface area contributed by atoms with E-state index < -0.39 is 0 Å². The van der Waals surface area contributed by atoms with Crippen LogP contribution in [0.1, 0.15) is 16.6 Å². The van der Waals surface area contributed by atoms with Crippen molar-refractivity contribution in [3.63, 3.8) is 0 Å². The lowest BCUT2D eigenvalue weighted by Crippen LogP contribution is -2.48. The van der Waals surface area contributed by atoms with Gasteiger partial charge in [0.15, 0.2) is 5.82 Å². The molecule has 22 heavy (non-hydrogen) atoms. The summed E-state index contributed by atoms with van der Waals surface area (Å²) in [6, 6.07) is 7.71. The van der Waals surface area contributed by atoms with E-state index in [2.05, 4.69) is 20.4 Å². The Labute approximate surface area is 133 Å². The Morgan fingerprint density at radius 1 is 1.23 bits per heavy atom. The van der Waals surface area contributed by atoms with Crippen LogP contribution >= 0.6 is 11.3 Å². The summed E-state index contributed by atoms with van der Waals surface area (Å²) in [6.07, 6.45) is 0. The Bertz CT molecular complexity index is 605. The molecule has 116 valence electrons. The lowest BCUT2D eigenvalue weighted by atomic mass is 10.3. The summed E-state index contributed by atoms with van der Waals surface area (Å²) in [5.74, 6) is 1.78. The molecule has 0 bridgehead atoms. The van der Waals surface area contributed by atoms with Crippen molar-refractivity contribution in [1.82, 2.24) is 15.1 Å². The number of nitrogens with one attached hydrogen (secondary N) is 1. The average molecular weight is 317 g/mol. The normalized spacial score (nSPS) is 15.0. The first-order valence-corrected chi connectivity index (χ1v) is 8.31. The zero-order valence-corrected chi connectivity index (χ0v) is 13.3. The highest BCUT2D eigenvalue weighted by Crippen LogP contribution is 2.17. The molecule has 1 aliphatic heterocycles. The highest BCUT2D eigenvalue weighted by Gasteiger charge is 2.23. The van der Waals surface area contributed by atoms with Crippen LogP contribution < -0.4 is 10.2 Å². The van der Waals surface area contributed by atoms with E-state index in [9.17, 15) is 4.79 Å². The fraction of sp³-hybridized carbons (Fsp3) is 0.400. The minimum absolute atomic E-state index is 0.128. The van der Waals surface area contributed by atoms with E-state index in [0.29, 0.717) is 13.1 Å². The van der Waals surface area contributed by atoms with Gasteiger partial charge >= 0.3 is 0 Å². The molecule has 0 aromatic carbocycles. The summed E-state index contributed by atoms with van der Waals surface area (Å²) in [5.41, 5.74) is 0. The summed E-state index contributed by atoms with van der Waals surface area (Å²) >= 11 is 1.49. The number of rotatable bonds is 4. The van der Waals surface area contributed by atoms with Gasteiger partial charge in [-0.1, -0.05) is 6.07 Å². The van der Waals surface area contributed by atoms with E-state index in [0.717, 1.165) is 36.1 Å². The number of amides is 1. The molecule has 0 aliphatic carbocycles. The maximum atomic E-state index is 12.3. The molecule has 1 saturated heterocycles.